The molecule has 0 saturated heterocycles. The summed E-state index contributed by atoms with van der Waals surface area (Å²) in [5.74, 6) is -0.943. The number of hydrogen-bond donors (Lipinski definition) is 2. The SMILES string of the molecule is N[C@H](CCCc1cccc(Cl)c1)C(=O)O. The Hall–Kier alpha value is -1.06. The number of carboxylic acids is 1. The van der Waals surface area contributed by atoms with Crippen LogP contribution in [0.2, 0.25) is 5.02 Å². The first-order chi connectivity index (χ1) is 7.09. The van der Waals surface area contributed by atoms with Crippen molar-refractivity contribution in [3.05, 3.63) is 34.9 Å². The number of benzene rings is 1. The fourth-order valence-corrected chi connectivity index (χ4v) is 1.55. The first-order valence-electron chi connectivity index (χ1n) is 4.82. The predicted molar refractivity (Wildman–Crippen MR) is 60.0 cm³/mol. The van der Waals surface area contributed by atoms with Gasteiger partial charge in [0.2, 0.25) is 0 Å². The molecule has 3 nitrogen and oxygen atoms in total. The summed E-state index contributed by atoms with van der Waals surface area (Å²) in [6.07, 6.45) is 2.05. The van der Waals surface area contributed by atoms with Crippen LogP contribution in [0.25, 0.3) is 0 Å². The molecule has 0 aliphatic rings. The van der Waals surface area contributed by atoms with Crippen LogP contribution < -0.4 is 5.73 Å². The van der Waals surface area contributed by atoms with Crippen molar-refractivity contribution in [1.29, 1.82) is 0 Å². The second-order valence-electron chi connectivity index (χ2n) is 3.47. The number of aliphatic carboxylic acids is 1. The lowest BCUT2D eigenvalue weighted by Crippen LogP contribution is -2.29. The summed E-state index contributed by atoms with van der Waals surface area (Å²) in [5, 5.41) is 9.28. The van der Waals surface area contributed by atoms with Crippen molar-refractivity contribution >= 4 is 17.6 Å². The Morgan fingerprint density at radius 3 is 2.87 bits per heavy atom. The Labute approximate surface area is 93.9 Å². The van der Waals surface area contributed by atoms with Gasteiger partial charge in [0.1, 0.15) is 6.04 Å². The Balaban J connectivity index is 2.35. The van der Waals surface area contributed by atoms with E-state index in [4.69, 9.17) is 22.4 Å². The van der Waals surface area contributed by atoms with Crippen LogP contribution in [0.3, 0.4) is 0 Å². The van der Waals surface area contributed by atoms with Crippen LogP contribution in [-0.2, 0) is 11.2 Å². The maximum Gasteiger partial charge on any atom is 0.320 e. The second-order valence-corrected chi connectivity index (χ2v) is 3.90. The fraction of sp³-hybridized carbons (Fsp3) is 0.364. The van der Waals surface area contributed by atoms with Crippen molar-refractivity contribution in [2.45, 2.75) is 25.3 Å². The fourth-order valence-electron chi connectivity index (χ4n) is 1.34. The van der Waals surface area contributed by atoms with Crippen LogP contribution >= 0.6 is 11.6 Å². The maximum absolute atomic E-state index is 10.4. The van der Waals surface area contributed by atoms with E-state index in [1.54, 1.807) is 0 Å². The van der Waals surface area contributed by atoms with E-state index in [0.717, 1.165) is 18.4 Å². The third-order valence-corrected chi connectivity index (χ3v) is 2.42. The van der Waals surface area contributed by atoms with E-state index in [0.29, 0.717) is 11.4 Å². The maximum atomic E-state index is 10.4. The van der Waals surface area contributed by atoms with Gasteiger partial charge in [0.05, 0.1) is 0 Å². The van der Waals surface area contributed by atoms with Crippen LogP contribution in [0.4, 0.5) is 0 Å². The quantitative estimate of drug-likeness (QED) is 0.810. The molecule has 0 radical (unpaired) electrons. The zero-order chi connectivity index (χ0) is 11.3. The molecule has 3 N–H and O–H groups in total. The lowest BCUT2D eigenvalue weighted by Gasteiger charge is -2.06. The summed E-state index contributed by atoms with van der Waals surface area (Å²) in [7, 11) is 0. The van der Waals surface area contributed by atoms with Crippen molar-refractivity contribution in [1.82, 2.24) is 0 Å². The summed E-state index contributed by atoms with van der Waals surface area (Å²) in [6.45, 7) is 0. The van der Waals surface area contributed by atoms with E-state index in [1.807, 2.05) is 24.3 Å². The molecule has 1 rings (SSSR count). The molecule has 0 unspecified atom stereocenters. The molecule has 82 valence electrons. The molecule has 15 heavy (non-hydrogen) atoms. The second kappa shape index (κ2) is 5.73. The monoisotopic (exact) mass is 227 g/mol. The van der Waals surface area contributed by atoms with Gasteiger partial charge in [0.15, 0.2) is 0 Å². The van der Waals surface area contributed by atoms with Gasteiger partial charge in [-0.2, -0.15) is 0 Å². The number of aryl methyl sites for hydroxylation is 1. The smallest absolute Gasteiger partial charge is 0.320 e. The van der Waals surface area contributed by atoms with Crippen molar-refractivity contribution in [3.8, 4) is 0 Å². The Morgan fingerprint density at radius 2 is 2.27 bits per heavy atom. The molecule has 0 heterocycles. The average Bonchev–Trinajstić information content (AvgIpc) is 2.17. The van der Waals surface area contributed by atoms with Gasteiger partial charge in [0.25, 0.3) is 0 Å². The Morgan fingerprint density at radius 1 is 1.53 bits per heavy atom. The van der Waals surface area contributed by atoms with Gasteiger partial charge in [-0.3, -0.25) is 4.79 Å². The Bertz CT molecular complexity index is 341. The molecule has 0 saturated carbocycles. The largest absolute Gasteiger partial charge is 0.480 e. The number of rotatable bonds is 5. The molecule has 1 aromatic rings. The van der Waals surface area contributed by atoms with Gasteiger partial charge in [-0.25, -0.2) is 0 Å². The summed E-state index contributed by atoms with van der Waals surface area (Å²) in [4.78, 5) is 10.4. The van der Waals surface area contributed by atoms with Crippen molar-refractivity contribution in [2.24, 2.45) is 5.73 Å². The number of hydrogen-bond acceptors (Lipinski definition) is 2. The number of nitrogens with two attached hydrogens (primary N) is 1. The van der Waals surface area contributed by atoms with Crippen LogP contribution in [0.1, 0.15) is 18.4 Å². The van der Waals surface area contributed by atoms with E-state index in [9.17, 15) is 4.79 Å². The van der Waals surface area contributed by atoms with E-state index >= 15 is 0 Å². The summed E-state index contributed by atoms with van der Waals surface area (Å²) in [5.41, 5.74) is 6.50. The molecule has 0 spiro atoms. The minimum absolute atomic E-state index is 0.488. The summed E-state index contributed by atoms with van der Waals surface area (Å²) in [6, 6.07) is 6.79. The highest BCUT2D eigenvalue weighted by atomic mass is 35.5. The van der Waals surface area contributed by atoms with Gasteiger partial charge in [0, 0.05) is 5.02 Å². The molecule has 0 amide bonds. The third kappa shape index (κ3) is 4.32. The first-order valence-corrected chi connectivity index (χ1v) is 5.20. The van der Waals surface area contributed by atoms with Crippen LogP contribution in [0, 0.1) is 0 Å². The highest BCUT2D eigenvalue weighted by Gasteiger charge is 2.10. The van der Waals surface area contributed by atoms with Crippen molar-refractivity contribution < 1.29 is 9.90 Å². The lowest BCUT2D eigenvalue weighted by atomic mass is 10.1. The van der Waals surface area contributed by atoms with E-state index < -0.39 is 12.0 Å². The minimum Gasteiger partial charge on any atom is -0.480 e. The molecule has 0 bridgehead atoms. The highest BCUT2D eigenvalue weighted by Crippen LogP contribution is 2.13. The Kier molecular flexibility index (Phi) is 4.59. The van der Waals surface area contributed by atoms with Gasteiger partial charge in [-0.1, -0.05) is 23.7 Å². The van der Waals surface area contributed by atoms with Gasteiger partial charge < -0.3 is 10.8 Å². The average molecular weight is 228 g/mol. The topological polar surface area (TPSA) is 63.3 Å². The molecular weight excluding hydrogens is 214 g/mol. The van der Waals surface area contributed by atoms with Gasteiger partial charge >= 0.3 is 5.97 Å². The molecule has 0 aromatic heterocycles. The first kappa shape index (κ1) is 12.0. The standard InChI is InChI=1S/C11H14ClNO2/c12-9-5-1-3-8(7-9)4-2-6-10(13)11(14)15/h1,3,5,7,10H,2,4,6,13H2,(H,14,15)/t10-/m1/s1. The summed E-state index contributed by atoms with van der Waals surface area (Å²) >= 11 is 5.82. The normalized spacial score (nSPS) is 12.4. The van der Waals surface area contributed by atoms with Crippen molar-refractivity contribution in [3.63, 3.8) is 0 Å². The van der Waals surface area contributed by atoms with E-state index in [2.05, 4.69) is 0 Å². The summed E-state index contributed by atoms with van der Waals surface area (Å²) < 4.78 is 0. The molecule has 1 atom stereocenters. The van der Waals surface area contributed by atoms with E-state index in [1.165, 1.54) is 0 Å². The highest BCUT2D eigenvalue weighted by molar-refractivity contribution is 6.30. The van der Waals surface area contributed by atoms with Crippen LogP contribution in [0.5, 0.6) is 0 Å². The zero-order valence-corrected chi connectivity index (χ0v) is 9.07. The van der Waals surface area contributed by atoms with Crippen LogP contribution in [-0.4, -0.2) is 17.1 Å². The number of carboxylic acid groups (broad SMARTS) is 1. The molecule has 0 fully saturated rings. The predicted octanol–water partition coefficient (Wildman–Crippen LogP) is 2.07. The molecule has 4 heteroatoms. The lowest BCUT2D eigenvalue weighted by molar-refractivity contribution is -0.138. The van der Waals surface area contributed by atoms with Gasteiger partial charge in [-0.05, 0) is 37.0 Å². The zero-order valence-electron chi connectivity index (χ0n) is 8.32. The minimum atomic E-state index is -0.943. The molecule has 1 aromatic carbocycles. The molecule has 0 aliphatic heterocycles. The number of carbonyl (C=O) groups is 1. The molecule has 0 aliphatic carbocycles. The van der Waals surface area contributed by atoms with Crippen molar-refractivity contribution in [2.75, 3.05) is 0 Å². The third-order valence-electron chi connectivity index (χ3n) is 2.19. The number of halogens is 1. The molecular formula is C11H14ClNO2. The van der Waals surface area contributed by atoms with Gasteiger partial charge in [-0.15, -0.1) is 0 Å². The van der Waals surface area contributed by atoms with Crippen LogP contribution in [0.15, 0.2) is 24.3 Å². The van der Waals surface area contributed by atoms with E-state index in [-0.39, 0.29) is 0 Å².